The van der Waals surface area contributed by atoms with Gasteiger partial charge in [-0.05, 0) is 30.9 Å². The van der Waals surface area contributed by atoms with Crippen LogP contribution in [0.2, 0.25) is 0 Å². The van der Waals surface area contributed by atoms with Crippen molar-refractivity contribution < 1.29 is 14.6 Å². The highest BCUT2D eigenvalue weighted by Crippen LogP contribution is 2.41. The Morgan fingerprint density at radius 1 is 1.12 bits per heavy atom. The first kappa shape index (κ1) is 28.3. The van der Waals surface area contributed by atoms with Gasteiger partial charge in [0.05, 0.1) is 30.4 Å². The lowest BCUT2D eigenvalue weighted by Gasteiger charge is -2.41. The normalized spacial score (nSPS) is 22.8. The average Bonchev–Trinajstić information content (AvgIpc) is 3.64. The second kappa shape index (κ2) is 12.2. The van der Waals surface area contributed by atoms with E-state index >= 15 is 0 Å². The third kappa shape index (κ3) is 5.40. The van der Waals surface area contributed by atoms with Gasteiger partial charge in [0.1, 0.15) is 5.60 Å². The molecule has 1 aliphatic heterocycles. The summed E-state index contributed by atoms with van der Waals surface area (Å²) in [5.74, 6) is -0.0804. The molecule has 0 spiro atoms. The third-order valence-electron chi connectivity index (χ3n) is 8.91. The number of methoxy groups -OCH3 is 1. The second-order valence-electron chi connectivity index (χ2n) is 11.6. The van der Waals surface area contributed by atoms with Crippen LogP contribution < -0.4 is 5.32 Å². The standard InChI is InChI=1S/C33H40N6O3/c1-37-28(15-17-36-37)27-13-7-6-12-25(27)20-26-21-34-18-19-38(26)32(40)30-31(24-10-4-3-5-11-24)39(23-35-30)29-14-8-9-16-33(29,41)22-42-2/h3-7,10-13,15,17,23,26,29,34,41H,8-9,14,16,18-22H2,1-2H3/t26-,29-,33-/m1/s1. The fourth-order valence-electron chi connectivity index (χ4n) is 6.84. The van der Waals surface area contributed by atoms with Crippen LogP contribution in [0.1, 0.15) is 47.8 Å². The van der Waals surface area contributed by atoms with E-state index in [9.17, 15) is 9.90 Å². The van der Waals surface area contributed by atoms with Crippen LogP contribution in [-0.4, -0.2) is 80.2 Å². The zero-order valence-electron chi connectivity index (χ0n) is 24.4. The van der Waals surface area contributed by atoms with E-state index in [1.807, 2.05) is 69.9 Å². The third-order valence-corrected chi connectivity index (χ3v) is 8.91. The summed E-state index contributed by atoms with van der Waals surface area (Å²) < 4.78 is 9.40. The van der Waals surface area contributed by atoms with E-state index < -0.39 is 5.60 Å². The van der Waals surface area contributed by atoms with Crippen LogP contribution in [-0.2, 0) is 18.2 Å². The highest BCUT2D eigenvalue weighted by molar-refractivity contribution is 5.98. The molecule has 2 aromatic carbocycles. The Balaban J connectivity index is 1.36. The number of nitrogens with zero attached hydrogens (tertiary/aromatic N) is 5. The summed E-state index contributed by atoms with van der Waals surface area (Å²) in [4.78, 5) is 21.2. The van der Waals surface area contributed by atoms with Crippen LogP contribution in [0.25, 0.3) is 22.5 Å². The van der Waals surface area contributed by atoms with E-state index in [1.54, 1.807) is 13.4 Å². The molecule has 1 saturated heterocycles. The zero-order chi connectivity index (χ0) is 29.1. The highest BCUT2D eigenvalue weighted by Gasteiger charge is 2.42. The molecule has 0 unspecified atom stereocenters. The minimum Gasteiger partial charge on any atom is -0.385 e. The molecular weight excluding hydrogens is 528 g/mol. The summed E-state index contributed by atoms with van der Waals surface area (Å²) in [5, 5.41) is 19.6. The monoisotopic (exact) mass is 568 g/mol. The van der Waals surface area contributed by atoms with Crippen molar-refractivity contribution in [1.82, 2.24) is 29.5 Å². The fraction of sp³-hybridized carbons (Fsp3) is 0.424. The van der Waals surface area contributed by atoms with Crippen molar-refractivity contribution in [3.8, 4) is 22.5 Å². The van der Waals surface area contributed by atoms with Gasteiger partial charge in [-0.15, -0.1) is 0 Å². The average molecular weight is 569 g/mol. The zero-order valence-corrected chi connectivity index (χ0v) is 24.4. The number of benzene rings is 2. The van der Waals surface area contributed by atoms with Gasteiger partial charge in [0, 0.05) is 57.2 Å². The first-order valence-corrected chi connectivity index (χ1v) is 14.9. The maximum absolute atomic E-state index is 14.5. The number of aromatic nitrogens is 4. The molecule has 9 heteroatoms. The molecule has 0 radical (unpaired) electrons. The van der Waals surface area contributed by atoms with Crippen LogP contribution in [0.15, 0.2) is 73.2 Å². The number of hydrogen-bond acceptors (Lipinski definition) is 6. The Hall–Kier alpha value is -3.79. The number of hydrogen-bond donors (Lipinski definition) is 2. The van der Waals surface area contributed by atoms with Gasteiger partial charge < -0.3 is 24.6 Å². The molecule has 1 saturated carbocycles. The van der Waals surface area contributed by atoms with Crippen molar-refractivity contribution in [1.29, 1.82) is 0 Å². The molecule has 1 amide bonds. The summed E-state index contributed by atoms with van der Waals surface area (Å²) in [5.41, 5.74) is 4.43. The summed E-state index contributed by atoms with van der Waals surface area (Å²) in [6.45, 7) is 2.26. The molecule has 3 atom stereocenters. The van der Waals surface area contributed by atoms with Gasteiger partial charge in [-0.25, -0.2) is 4.98 Å². The Bertz CT molecular complexity index is 1510. The quantitative estimate of drug-likeness (QED) is 0.332. The molecule has 0 bridgehead atoms. The predicted molar refractivity (Wildman–Crippen MR) is 162 cm³/mol. The number of carbonyl (C=O) groups is 1. The Labute approximate surface area is 247 Å². The van der Waals surface area contributed by atoms with Crippen molar-refractivity contribution >= 4 is 5.91 Å². The SMILES string of the molecule is COC[C@]1(O)CCCC[C@H]1n1cnc(C(=O)N2CCNC[C@H]2Cc2ccccc2-c2ccnn2C)c1-c1ccccc1. The number of imidazole rings is 1. The van der Waals surface area contributed by atoms with E-state index in [0.29, 0.717) is 31.6 Å². The summed E-state index contributed by atoms with van der Waals surface area (Å²) in [7, 11) is 3.58. The van der Waals surface area contributed by atoms with E-state index in [4.69, 9.17) is 9.72 Å². The molecule has 6 rings (SSSR count). The van der Waals surface area contributed by atoms with Crippen molar-refractivity contribution in [3.63, 3.8) is 0 Å². The van der Waals surface area contributed by atoms with Crippen LogP contribution in [0.3, 0.4) is 0 Å². The fourth-order valence-corrected chi connectivity index (χ4v) is 6.84. The van der Waals surface area contributed by atoms with Crippen LogP contribution in [0.5, 0.6) is 0 Å². The van der Waals surface area contributed by atoms with Crippen LogP contribution in [0.4, 0.5) is 0 Å². The molecular formula is C33H40N6O3. The van der Waals surface area contributed by atoms with Gasteiger partial charge in [0.25, 0.3) is 5.91 Å². The number of amides is 1. The molecule has 2 N–H and O–H groups in total. The molecule has 220 valence electrons. The maximum atomic E-state index is 14.5. The van der Waals surface area contributed by atoms with E-state index in [0.717, 1.165) is 48.3 Å². The number of aliphatic hydroxyl groups is 1. The predicted octanol–water partition coefficient (Wildman–Crippen LogP) is 4.10. The smallest absolute Gasteiger partial charge is 0.275 e. The Kier molecular flexibility index (Phi) is 8.24. The molecule has 42 heavy (non-hydrogen) atoms. The number of carbonyl (C=O) groups excluding carboxylic acids is 1. The van der Waals surface area contributed by atoms with Gasteiger partial charge in [0.15, 0.2) is 5.69 Å². The van der Waals surface area contributed by atoms with Gasteiger partial charge in [-0.3, -0.25) is 9.48 Å². The summed E-state index contributed by atoms with van der Waals surface area (Å²) in [6, 6.07) is 20.1. The van der Waals surface area contributed by atoms with Gasteiger partial charge in [-0.2, -0.15) is 5.10 Å². The second-order valence-corrected chi connectivity index (χ2v) is 11.6. The largest absolute Gasteiger partial charge is 0.385 e. The molecule has 3 heterocycles. The van der Waals surface area contributed by atoms with E-state index in [-0.39, 0.29) is 24.6 Å². The van der Waals surface area contributed by atoms with Gasteiger partial charge in [0.2, 0.25) is 0 Å². The minimum atomic E-state index is -1.02. The topological polar surface area (TPSA) is 97.4 Å². The Morgan fingerprint density at radius 2 is 1.93 bits per heavy atom. The molecule has 2 fully saturated rings. The van der Waals surface area contributed by atoms with Crippen molar-refractivity contribution in [3.05, 3.63) is 84.4 Å². The molecule has 2 aliphatic rings. The lowest BCUT2D eigenvalue weighted by atomic mass is 9.80. The van der Waals surface area contributed by atoms with Crippen LogP contribution in [0, 0.1) is 0 Å². The van der Waals surface area contributed by atoms with Crippen molar-refractivity contribution in [2.75, 3.05) is 33.4 Å². The lowest BCUT2D eigenvalue weighted by molar-refractivity contribution is -0.0893. The maximum Gasteiger partial charge on any atom is 0.275 e. The molecule has 1 aliphatic carbocycles. The van der Waals surface area contributed by atoms with Crippen LogP contribution >= 0.6 is 0 Å². The first-order chi connectivity index (χ1) is 20.5. The number of rotatable bonds is 8. The van der Waals surface area contributed by atoms with Gasteiger partial charge >= 0.3 is 0 Å². The van der Waals surface area contributed by atoms with Crippen molar-refractivity contribution in [2.24, 2.45) is 7.05 Å². The lowest BCUT2D eigenvalue weighted by Crippen LogP contribution is -2.54. The number of nitrogens with one attached hydrogen (secondary N) is 1. The number of ether oxygens (including phenoxy) is 1. The Morgan fingerprint density at radius 3 is 2.71 bits per heavy atom. The number of aryl methyl sites for hydroxylation is 1. The highest BCUT2D eigenvalue weighted by atomic mass is 16.5. The van der Waals surface area contributed by atoms with E-state index in [1.165, 1.54) is 5.56 Å². The minimum absolute atomic E-state index is 0.0468. The van der Waals surface area contributed by atoms with Gasteiger partial charge in [-0.1, -0.05) is 67.4 Å². The summed E-state index contributed by atoms with van der Waals surface area (Å²) in [6.07, 6.45) is 7.66. The van der Waals surface area contributed by atoms with E-state index in [2.05, 4.69) is 28.6 Å². The number of piperazine rings is 1. The molecule has 2 aromatic heterocycles. The first-order valence-electron chi connectivity index (χ1n) is 14.9. The molecule has 4 aromatic rings. The summed E-state index contributed by atoms with van der Waals surface area (Å²) >= 11 is 0. The molecule has 9 nitrogen and oxygen atoms in total. The van der Waals surface area contributed by atoms with Crippen molar-refractivity contribution in [2.45, 2.75) is 49.8 Å².